The monoisotopic (exact) mass is 534 g/mol. The molecule has 1 saturated carbocycles. The Morgan fingerprint density at radius 3 is 2.32 bits per heavy atom. The molecule has 2 amide bonds. The van der Waals surface area contributed by atoms with Crippen molar-refractivity contribution in [1.82, 2.24) is 4.90 Å². The molecule has 2 N–H and O–H groups in total. The molecular weight excluding hydrogens is 502 g/mol. The predicted molar refractivity (Wildman–Crippen MR) is 138 cm³/mol. The van der Waals surface area contributed by atoms with Gasteiger partial charge in [-0.05, 0) is 79.3 Å². The van der Waals surface area contributed by atoms with E-state index in [2.05, 4.69) is 5.32 Å². The van der Waals surface area contributed by atoms with E-state index in [-0.39, 0.29) is 41.3 Å². The Kier molecular flexibility index (Phi) is 7.50. The number of anilines is 1. The Hall–Kier alpha value is -3.14. The molecule has 0 aromatic heterocycles. The number of rotatable bonds is 7. The van der Waals surface area contributed by atoms with Crippen molar-refractivity contribution in [2.24, 2.45) is 11.8 Å². The highest BCUT2D eigenvalue weighted by molar-refractivity contribution is 8.32. The van der Waals surface area contributed by atoms with Crippen molar-refractivity contribution in [1.29, 1.82) is 0 Å². The smallest absolute Gasteiger partial charge is 0.303 e. The van der Waals surface area contributed by atoms with E-state index in [0.29, 0.717) is 30.6 Å². The zero-order chi connectivity index (χ0) is 27.1. The fraction of sp³-hybridized carbons (Fsp3) is 0.444. The molecule has 7 nitrogen and oxygen atoms in total. The quantitative estimate of drug-likeness (QED) is 0.542. The number of nitrogens with one attached hydrogen (secondary N) is 1. The highest BCUT2D eigenvalue weighted by atomic mass is 32.3. The summed E-state index contributed by atoms with van der Waals surface area (Å²) >= 11 is 0. The van der Waals surface area contributed by atoms with Crippen LogP contribution in [0.1, 0.15) is 36.4 Å². The van der Waals surface area contributed by atoms with Crippen LogP contribution in [0.5, 0.6) is 5.75 Å². The van der Waals surface area contributed by atoms with Crippen molar-refractivity contribution in [3.8, 4) is 5.75 Å². The van der Waals surface area contributed by atoms with Crippen LogP contribution in [-0.4, -0.2) is 60.2 Å². The summed E-state index contributed by atoms with van der Waals surface area (Å²) in [5.41, 5.74) is 1.45. The van der Waals surface area contributed by atoms with Crippen molar-refractivity contribution in [2.45, 2.75) is 36.6 Å². The van der Waals surface area contributed by atoms with E-state index in [1.165, 1.54) is 4.90 Å². The fourth-order valence-corrected chi connectivity index (χ4v) is 6.55. The third-order valence-corrected chi connectivity index (χ3v) is 8.65. The molecule has 1 aliphatic carbocycles. The maximum Gasteiger partial charge on any atom is 0.303 e. The van der Waals surface area contributed by atoms with Gasteiger partial charge in [-0.25, -0.2) is 18.8 Å². The number of benzene rings is 2. The van der Waals surface area contributed by atoms with Crippen molar-refractivity contribution in [2.75, 3.05) is 37.7 Å². The molecule has 4 rings (SSSR count). The molecule has 0 saturated heterocycles. The van der Waals surface area contributed by atoms with Gasteiger partial charge in [0.15, 0.2) is 0 Å². The van der Waals surface area contributed by atoms with Crippen molar-refractivity contribution < 1.29 is 33.0 Å². The first kappa shape index (κ1) is 26.9. The largest absolute Gasteiger partial charge is 0.497 e. The van der Waals surface area contributed by atoms with Crippen LogP contribution in [0.15, 0.2) is 35.2 Å². The summed E-state index contributed by atoms with van der Waals surface area (Å²) in [5, 5.41) is 11.6. The lowest BCUT2D eigenvalue weighted by Crippen LogP contribution is -2.50. The van der Waals surface area contributed by atoms with Gasteiger partial charge < -0.3 is 20.1 Å². The third kappa shape index (κ3) is 5.58. The van der Waals surface area contributed by atoms with Gasteiger partial charge in [-0.2, -0.15) is 0 Å². The standard InChI is InChI=1S/C27H32F2N2O5S/c1-36-19-5-6-20-16(12-19)7-8-31(27(35)17-9-15(10-17)11-23(32)33)24(20)26(34)30-18-13-21(28)25(22(29)14-18)37(2,3)4/h5-6,12-15,17,24H,7-11H2,1-4H3,(H,30,34)(H,32,33)/t15-,17+,24?. The topological polar surface area (TPSA) is 95.9 Å². The minimum Gasteiger partial charge on any atom is -0.497 e. The Bertz CT molecular complexity index is 1220. The summed E-state index contributed by atoms with van der Waals surface area (Å²) in [7, 11) is -0.137. The second kappa shape index (κ2) is 10.3. The van der Waals surface area contributed by atoms with E-state index in [4.69, 9.17) is 9.84 Å². The first-order valence-corrected chi connectivity index (χ1v) is 14.9. The molecule has 1 aliphatic heterocycles. The Balaban J connectivity index is 1.62. The van der Waals surface area contributed by atoms with Gasteiger partial charge in [0.25, 0.3) is 5.91 Å². The van der Waals surface area contributed by atoms with Crippen molar-refractivity contribution in [3.05, 3.63) is 53.1 Å². The van der Waals surface area contributed by atoms with Crippen LogP contribution in [0.4, 0.5) is 14.5 Å². The van der Waals surface area contributed by atoms with Crippen LogP contribution in [-0.2, 0) is 20.8 Å². The lowest BCUT2D eigenvalue weighted by atomic mass is 9.72. The summed E-state index contributed by atoms with van der Waals surface area (Å²) in [5.74, 6) is -2.93. The van der Waals surface area contributed by atoms with Crippen LogP contribution in [0.25, 0.3) is 0 Å². The number of amides is 2. The number of halogens is 2. The summed E-state index contributed by atoms with van der Waals surface area (Å²) in [6, 6.07) is 6.49. The average molecular weight is 535 g/mol. The minimum absolute atomic E-state index is 0.0123. The summed E-state index contributed by atoms with van der Waals surface area (Å²) in [6.45, 7) is 0.284. The number of aliphatic carboxylic acids is 1. The Labute approximate surface area is 216 Å². The lowest BCUT2D eigenvalue weighted by Gasteiger charge is -2.42. The zero-order valence-electron chi connectivity index (χ0n) is 21.3. The second-order valence-electron chi connectivity index (χ2n) is 10.5. The molecule has 1 heterocycles. The minimum atomic E-state index is -1.68. The third-order valence-electron chi connectivity index (χ3n) is 7.04. The number of nitrogens with zero attached hydrogens (tertiary/aromatic N) is 1. The number of carboxylic acid groups (broad SMARTS) is 1. The fourth-order valence-electron chi connectivity index (χ4n) is 5.26. The number of hydrogen-bond acceptors (Lipinski definition) is 4. The molecule has 1 unspecified atom stereocenters. The van der Waals surface area contributed by atoms with Gasteiger partial charge in [0.1, 0.15) is 23.4 Å². The molecule has 2 aliphatic rings. The van der Waals surface area contributed by atoms with Gasteiger partial charge in [0.2, 0.25) is 5.91 Å². The van der Waals surface area contributed by atoms with Gasteiger partial charge in [0.05, 0.1) is 12.0 Å². The number of carbonyl (C=O) groups excluding carboxylic acids is 2. The van der Waals surface area contributed by atoms with Crippen LogP contribution < -0.4 is 10.1 Å². The van der Waals surface area contributed by atoms with Crippen LogP contribution >= 0.6 is 10.0 Å². The Morgan fingerprint density at radius 2 is 1.76 bits per heavy atom. The molecule has 1 atom stereocenters. The van der Waals surface area contributed by atoms with Crippen LogP contribution in [0.3, 0.4) is 0 Å². The van der Waals surface area contributed by atoms with Gasteiger partial charge in [0, 0.05) is 24.6 Å². The number of methoxy groups -OCH3 is 1. The van der Waals surface area contributed by atoms with E-state index >= 15 is 0 Å². The molecule has 1 fully saturated rings. The van der Waals surface area contributed by atoms with Gasteiger partial charge in [-0.15, -0.1) is 0 Å². The van der Waals surface area contributed by atoms with Crippen LogP contribution in [0.2, 0.25) is 0 Å². The number of carboxylic acids is 1. The molecule has 0 spiro atoms. The maximum absolute atomic E-state index is 14.8. The SMILES string of the molecule is COc1ccc2c(c1)CCN(C(=O)[C@H]1C[C@@H](CC(=O)O)C1)C2C(=O)Nc1cc(F)c(S(C)(C)C)c(F)c1. The van der Waals surface area contributed by atoms with E-state index in [0.717, 1.165) is 17.7 Å². The van der Waals surface area contributed by atoms with Gasteiger partial charge in [-0.3, -0.25) is 14.4 Å². The van der Waals surface area contributed by atoms with E-state index in [9.17, 15) is 23.2 Å². The molecule has 37 heavy (non-hydrogen) atoms. The average Bonchev–Trinajstić information content (AvgIpc) is 2.77. The summed E-state index contributed by atoms with van der Waals surface area (Å²) < 4.78 is 35.0. The molecule has 0 bridgehead atoms. The normalized spacial score (nSPS) is 21.5. The molecule has 10 heteroatoms. The Morgan fingerprint density at radius 1 is 1.11 bits per heavy atom. The molecule has 2 aromatic rings. The van der Waals surface area contributed by atoms with Gasteiger partial charge in [-0.1, -0.05) is 6.07 Å². The number of ether oxygens (including phenoxy) is 1. The predicted octanol–water partition coefficient (Wildman–Crippen LogP) is 4.59. The van der Waals surface area contributed by atoms with E-state index < -0.39 is 39.6 Å². The first-order chi connectivity index (χ1) is 17.4. The lowest BCUT2D eigenvalue weighted by molar-refractivity contribution is -0.149. The molecule has 0 radical (unpaired) electrons. The van der Waals surface area contributed by atoms with E-state index in [1.807, 2.05) is 6.07 Å². The molecule has 200 valence electrons. The number of fused-ring (bicyclic) bond motifs is 1. The van der Waals surface area contributed by atoms with Gasteiger partial charge >= 0.3 is 5.97 Å². The van der Waals surface area contributed by atoms with Crippen molar-refractivity contribution >= 4 is 33.5 Å². The summed E-state index contributed by atoms with van der Waals surface area (Å²) in [4.78, 5) is 39.5. The van der Waals surface area contributed by atoms with E-state index in [1.54, 1.807) is 38.0 Å². The van der Waals surface area contributed by atoms with Crippen molar-refractivity contribution in [3.63, 3.8) is 0 Å². The molecular formula is C27H32F2N2O5S. The zero-order valence-corrected chi connectivity index (χ0v) is 22.2. The highest BCUT2D eigenvalue weighted by Crippen LogP contribution is 2.48. The second-order valence-corrected chi connectivity index (χ2v) is 14.6. The van der Waals surface area contributed by atoms with Crippen LogP contribution in [0, 0.1) is 23.5 Å². The molecule has 2 aromatic carbocycles. The highest BCUT2D eigenvalue weighted by Gasteiger charge is 2.43. The number of carbonyl (C=O) groups is 3. The first-order valence-electron chi connectivity index (χ1n) is 12.1. The summed E-state index contributed by atoms with van der Waals surface area (Å²) in [6.07, 6.45) is 6.79. The maximum atomic E-state index is 14.8. The number of hydrogen-bond donors (Lipinski definition) is 2.